The van der Waals surface area contributed by atoms with Crippen LogP contribution in [0.4, 0.5) is 5.95 Å². The molecule has 0 saturated heterocycles. The van der Waals surface area contributed by atoms with Gasteiger partial charge in [0.25, 0.3) is 0 Å². The third-order valence-corrected chi connectivity index (χ3v) is 2.25. The Kier molecular flexibility index (Phi) is 6.59. The van der Waals surface area contributed by atoms with Gasteiger partial charge in [-0.3, -0.25) is 4.79 Å². The second-order valence-electron chi connectivity index (χ2n) is 3.85. The molecule has 7 heteroatoms. The fourth-order valence-corrected chi connectivity index (χ4v) is 1.39. The van der Waals surface area contributed by atoms with E-state index in [1.807, 2.05) is 6.92 Å². The summed E-state index contributed by atoms with van der Waals surface area (Å²) in [6.45, 7) is 3.18. The average Bonchev–Trinajstić information content (AvgIpc) is 2.41. The Morgan fingerprint density at radius 2 is 2.26 bits per heavy atom. The maximum absolute atomic E-state index is 10.8. The minimum absolute atomic E-state index is 0.180. The highest BCUT2D eigenvalue weighted by Gasteiger charge is 2.14. The van der Waals surface area contributed by atoms with E-state index < -0.39 is 5.97 Å². The van der Waals surface area contributed by atoms with E-state index in [4.69, 9.17) is 14.6 Å². The number of hydrogen-bond acceptors (Lipinski definition) is 6. The van der Waals surface area contributed by atoms with Crippen LogP contribution < -0.4 is 9.64 Å². The van der Waals surface area contributed by atoms with Gasteiger partial charge in [-0.25, -0.2) is 4.98 Å². The van der Waals surface area contributed by atoms with E-state index in [0.29, 0.717) is 31.6 Å². The Morgan fingerprint density at radius 3 is 2.89 bits per heavy atom. The number of hydrogen-bond donors (Lipinski definition) is 1. The Labute approximate surface area is 112 Å². The number of aromatic nitrogens is 2. The molecule has 0 amide bonds. The minimum atomic E-state index is -0.945. The zero-order chi connectivity index (χ0) is 14.1. The van der Waals surface area contributed by atoms with Crippen LogP contribution in [-0.4, -0.2) is 54.5 Å². The summed E-state index contributed by atoms with van der Waals surface area (Å²) in [5.74, 6) is -0.174. The Hall–Kier alpha value is -1.89. The molecule has 0 aliphatic carbocycles. The van der Waals surface area contributed by atoms with Crippen molar-refractivity contribution >= 4 is 11.9 Å². The molecule has 0 aliphatic heterocycles. The quantitative estimate of drug-likeness (QED) is 0.709. The molecule has 1 heterocycles. The monoisotopic (exact) mass is 269 g/mol. The summed E-state index contributed by atoms with van der Waals surface area (Å²) in [5.41, 5.74) is 0. The zero-order valence-electron chi connectivity index (χ0n) is 11.2. The molecule has 1 aromatic heterocycles. The topological polar surface area (TPSA) is 84.8 Å². The summed E-state index contributed by atoms with van der Waals surface area (Å²) < 4.78 is 10.3. The minimum Gasteiger partial charge on any atom is -0.480 e. The van der Waals surface area contributed by atoms with Crippen molar-refractivity contribution in [3.8, 4) is 5.88 Å². The molecule has 0 aromatic carbocycles. The van der Waals surface area contributed by atoms with Crippen molar-refractivity contribution in [2.75, 3.05) is 38.3 Å². The number of ether oxygens (including phenoxy) is 2. The van der Waals surface area contributed by atoms with Gasteiger partial charge in [-0.2, -0.15) is 4.98 Å². The largest absolute Gasteiger partial charge is 0.480 e. The van der Waals surface area contributed by atoms with E-state index in [1.54, 1.807) is 19.4 Å². The lowest BCUT2D eigenvalue weighted by Gasteiger charge is -2.20. The van der Waals surface area contributed by atoms with Crippen molar-refractivity contribution in [2.24, 2.45) is 0 Å². The van der Waals surface area contributed by atoms with Crippen LogP contribution in [0.15, 0.2) is 12.3 Å². The second kappa shape index (κ2) is 8.25. The molecule has 0 radical (unpaired) electrons. The molecule has 1 N–H and O–H groups in total. The maximum atomic E-state index is 10.8. The van der Waals surface area contributed by atoms with Crippen LogP contribution in [0.3, 0.4) is 0 Å². The lowest BCUT2D eigenvalue weighted by atomic mass is 10.5. The summed E-state index contributed by atoms with van der Waals surface area (Å²) in [6.07, 6.45) is 2.43. The lowest BCUT2D eigenvalue weighted by Crippen LogP contribution is -2.34. The number of aliphatic carboxylic acids is 1. The standard InChI is InChI=1S/C12H19N3O4/c1-3-7-19-10-4-5-13-12(14-10)15(6-8-18-2)9-11(16)17/h4-5H,3,6-9H2,1-2H3,(H,16,17). The van der Waals surface area contributed by atoms with Gasteiger partial charge in [0.1, 0.15) is 6.54 Å². The van der Waals surface area contributed by atoms with Crippen molar-refractivity contribution in [2.45, 2.75) is 13.3 Å². The second-order valence-corrected chi connectivity index (χ2v) is 3.85. The molecular weight excluding hydrogens is 250 g/mol. The van der Waals surface area contributed by atoms with Crippen LogP contribution in [0.5, 0.6) is 5.88 Å². The van der Waals surface area contributed by atoms with Gasteiger partial charge in [0, 0.05) is 25.9 Å². The van der Waals surface area contributed by atoms with Crippen molar-refractivity contribution in [3.63, 3.8) is 0 Å². The molecule has 0 atom stereocenters. The molecule has 1 rings (SSSR count). The smallest absolute Gasteiger partial charge is 0.323 e. The van der Waals surface area contributed by atoms with Crippen LogP contribution in [0.1, 0.15) is 13.3 Å². The van der Waals surface area contributed by atoms with E-state index >= 15 is 0 Å². The first-order valence-corrected chi connectivity index (χ1v) is 6.09. The predicted molar refractivity (Wildman–Crippen MR) is 69.5 cm³/mol. The molecule has 0 saturated carbocycles. The van der Waals surface area contributed by atoms with Gasteiger partial charge in [-0.15, -0.1) is 0 Å². The molecule has 0 spiro atoms. The van der Waals surface area contributed by atoms with Crippen LogP contribution >= 0.6 is 0 Å². The summed E-state index contributed by atoms with van der Waals surface area (Å²) in [4.78, 5) is 20.6. The average molecular weight is 269 g/mol. The highest BCUT2D eigenvalue weighted by atomic mass is 16.5. The van der Waals surface area contributed by atoms with Gasteiger partial charge >= 0.3 is 5.97 Å². The van der Waals surface area contributed by atoms with E-state index in [0.717, 1.165) is 6.42 Å². The number of rotatable bonds is 9. The molecular formula is C12H19N3O4. The molecule has 0 unspecified atom stereocenters. The van der Waals surface area contributed by atoms with E-state index in [-0.39, 0.29) is 6.54 Å². The van der Waals surface area contributed by atoms with E-state index in [2.05, 4.69) is 9.97 Å². The zero-order valence-corrected chi connectivity index (χ0v) is 11.2. The van der Waals surface area contributed by atoms with E-state index in [9.17, 15) is 4.79 Å². The van der Waals surface area contributed by atoms with Crippen LogP contribution in [0.25, 0.3) is 0 Å². The third-order valence-electron chi connectivity index (χ3n) is 2.25. The van der Waals surface area contributed by atoms with Crippen LogP contribution in [0.2, 0.25) is 0 Å². The first-order valence-electron chi connectivity index (χ1n) is 6.09. The van der Waals surface area contributed by atoms with Crippen LogP contribution in [-0.2, 0) is 9.53 Å². The molecule has 1 aromatic rings. The highest BCUT2D eigenvalue weighted by Crippen LogP contribution is 2.12. The molecule has 0 fully saturated rings. The van der Waals surface area contributed by atoms with Crippen molar-refractivity contribution in [1.29, 1.82) is 0 Å². The number of carboxylic acid groups (broad SMARTS) is 1. The van der Waals surface area contributed by atoms with Crippen LogP contribution in [0, 0.1) is 0 Å². The highest BCUT2D eigenvalue weighted by molar-refractivity contribution is 5.72. The van der Waals surface area contributed by atoms with Crippen molar-refractivity contribution in [1.82, 2.24) is 9.97 Å². The van der Waals surface area contributed by atoms with Crippen molar-refractivity contribution in [3.05, 3.63) is 12.3 Å². The van der Waals surface area contributed by atoms with E-state index in [1.165, 1.54) is 4.90 Å². The maximum Gasteiger partial charge on any atom is 0.323 e. The van der Waals surface area contributed by atoms with Gasteiger partial charge in [0.05, 0.1) is 13.2 Å². The molecule has 19 heavy (non-hydrogen) atoms. The molecule has 106 valence electrons. The van der Waals surface area contributed by atoms with Gasteiger partial charge < -0.3 is 19.5 Å². The first-order chi connectivity index (χ1) is 9.17. The SMILES string of the molecule is CCCOc1ccnc(N(CCOC)CC(=O)O)n1. The van der Waals surface area contributed by atoms with Gasteiger partial charge in [-0.1, -0.05) is 6.92 Å². The first kappa shape index (κ1) is 15.2. The Bertz CT molecular complexity index is 400. The Balaban J connectivity index is 2.78. The number of methoxy groups -OCH3 is 1. The van der Waals surface area contributed by atoms with Gasteiger partial charge in [0.15, 0.2) is 0 Å². The third kappa shape index (κ3) is 5.52. The van der Waals surface area contributed by atoms with Gasteiger partial charge in [0.2, 0.25) is 11.8 Å². The summed E-state index contributed by atoms with van der Waals surface area (Å²) in [6, 6.07) is 1.65. The Morgan fingerprint density at radius 1 is 1.47 bits per heavy atom. The predicted octanol–water partition coefficient (Wildman–Crippen LogP) is 0.803. The molecule has 0 aliphatic rings. The van der Waals surface area contributed by atoms with Crippen molar-refractivity contribution < 1.29 is 19.4 Å². The normalized spacial score (nSPS) is 10.2. The summed E-state index contributed by atoms with van der Waals surface area (Å²) in [5, 5.41) is 8.89. The number of carboxylic acids is 1. The lowest BCUT2D eigenvalue weighted by molar-refractivity contribution is -0.135. The number of carbonyl (C=O) groups is 1. The number of nitrogens with zero attached hydrogens (tertiary/aromatic N) is 3. The summed E-state index contributed by atoms with van der Waals surface area (Å²) >= 11 is 0. The van der Waals surface area contributed by atoms with Gasteiger partial charge in [-0.05, 0) is 6.42 Å². The summed E-state index contributed by atoms with van der Waals surface area (Å²) in [7, 11) is 1.56. The molecule has 0 bridgehead atoms. The number of anilines is 1. The molecule has 7 nitrogen and oxygen atoms in total. The fourth-order valence-electron chi connectivity index (χ4n) is 1.39. The fraction of sp³-hybridized carbons (Fsp3) is 0.583.